The van der Waals surface area contributed by atoms with E-state index in [-0.39, 0.29) is 5.41 Å². The number of hydrogen-bond donors (Lipinski definition) is 1. The van der Waals surface area contributed by atoms with E-state index in [0.717, 1.165) is 13.1 Å². The minimum absolute atomic E-state index is 0.281. The summed E-state index contributed by atoms with van der Waals surface area (Å²) in [5, 5.41) is 5.62. The summed E-state index contributed by atoms with van der Waals surface area (Å²) >= 11 is 1.85. The lowest BCUT2D eigenvalue weighted by atomic mass is 9.91. The van der Waals surface area contributed by atoms with Gasteiger partial charge >= 0.3 is 0 Å². The molecule has 1 nitrogen and oxygen atoms in total. The summed E-state index contributed by atoms with van der Waals surface area (Å²) in [5.74, 6) is 0. The summed E-state index contributed by atoms with van der Waals surface area (Å²) in [6.07, 6.45) is 1.21. The number of rotatable bonds is 5. The van der Waals surface area contributed by atoms with E-state index in [1.807, 2.05) is 11.3 Å². The molecule has 0 aromatic carbocycles. The van der Waals surface area contributed by atoms with Crippen LogP contribution in [0.1, 0.15) is 32.1 Å². The summed E-state index contributed by atoms with van der Waals surface area (Å²) in [6.45, 7) is 8.98. The van der Waals surface area contributed by atoms with E-state index in [1.54, 1.807) is 0 Å². The Labute approximate surface area is 85.2 Å². The Morgan fingerprint density at radius 1 is 1.46 bits per heavy atom. The lowest BCUT2D eigenvalue weighted by Crippen LogP contribution is -2.32. The van der Waals surface area contributed by atoms with E-state index in [1.165, 1.54) is 11.3 Å². The van der Waals surface area contributed by atoms with Crippen LogP contribution in [0.15, 0.2) is 17.5 Å². The third-order valence-corrected chi connectivity index (χ3v) is 3.42. The third-order valence-electron chi connectivity index (χ3n) is 2.18. The van der Waals surface area contributed by atoms with E-state index in [4.69, 9.17) is 0 Å². The van der Waals surface area contributed by atoms with Crippen molar-refractivity contribution >= 4 is 11.3 Å². The molecule has 0 aliphatic heterocycles. The zero-order valence-electron chi connectivity index (χ0n) is 8.76. The molecule has 1 rings (SSSR count). The molecule has 0 aliphatic rings. The molecule has 1 heterocycles. The van der Waals surface area contributed by atoms with E-state index in [9.17, 15) is 0 Å². The van der Waals surface area contributed by atoms with Gasteiger partial charge in [0.25, 0.3) is 0 Å². The Morgan fingerprint density at radius 2 is 2.23 bits per heavy atom. The van der Waals surface area contributed by atoms with Crippen LogP contribution in [-0.4, -0.2) is 13.1 Å². The van der Waals surface area contributed by atoms with Crippen LogP contribution in [0.25, 0.3) is 0 Å². The zero-order chi connectivity index (χ0) is 9.73. The summed E-state index contributed by atoms with van der Waals surface area (Å²) in [6, 6.07) is 4.35. The molecule has 0 aliphatic carbocycles. The topological polar surface area (TPSA) is 12.0 Å². The molecular formula is C11H19NS. The normalized spacial score (nSPS) is 11.9. The molecule has 1 N–H and O–H groups in total. The average molecular weight is 197 g/mol. The van der Waals surface area contributed by atoms with E-state index in [2.05, 4.69) is 43.6 Å². The first kappa shape index (κ1) is 10.7. The maximum absolute atomic E-state index is 3.47. The minimum atomic E-state index is 0.281. The number of nitrogens with one attached hydrogen (secondary N) is 1. The summed E-state index contributed by atoms with van der Waals surface area (Å²) in [7, 11) is 0. The maximum Gasteiger partial charge on any atom is 0.0115 e. The number of thiophene rings is 1. The van der Waals surface area contributed by atoms with Crippen LogP contribution in [0.5, 0.6) is 0 Å². The van der Waals surface area contributed by atoms with Crippen molar-refractivity contribution in [1.29, 1.82) is 0 Å². The fraction of sp³-hybridized carbons (Fsp3) is 0.636. The molecule has 0 amide bonds. The Morgan fingerprint density at radius 3 is 2.77 bits per heavy atom. The summed E-state index contributed by atoms with van der Waals surface area (Å²) in [4.78, 5) is 1.47. The van der Waals surface area contributed by atoms with Gasteiger partial charge in [-0.05, 0) is 24.4 Å². The minimum Gasteiger partial charge on any atom is -0.316 e. The standard InChI is InChI=1S/C11H19NS/c1-4-7-12-9-11(2,3)10-6-5-8-13-10/h5-6,8,12H,4,7,9H2,1-3H3. The van der Waals surface area contributed by atoms with Gasteiger partial charge < -0.3 is 5.32 Å². The van der Waals surface area contributed by atoms with Crippen LogP contribution in [0, 0.1) is 0 Å². The van der Waals surface area contributed by atoms with Crippen LogP contribution < -0.4 is 5.32 Å². The zero-order valence-corrected chi connectivity index (χ0v) is 9.58. The highest BCUT2D eigenvalue weighted by Gasteiger charge is 2.20. The van der Waals surface area contributed by atoms with Crippen LogP contribution in [0.4, 0.5) is 0 Å². The van der Waals surface area contributed by atoms with Gasteiger partial charge in [-0.3, -0.25) is 0 Å². The smallest absolute Gasteiger partial charge is 0.0115 e. The molecule has 0 saturated carbocycles. The molecule has 74 valence electrons. The van der Waals surface area contributed by atoms with E-state index >= 15 is 0 Å². The fourth-order valence-corrected chi connectivity index (χ4v) is 2.18. The van der Waals surface area contributed by atoms with Crippen molar-refractivity contribution in [2.24, 2.45) is 0 Å². The van der Waals surface area contributed by atoms with Crippen molar-refractivity contribution < 1.29 is 0 Å². The van der Waals surface area contributed by atoms with Crippen molar-refractivity contribution in [3.05, 3.63) is 22.4 Å². The first-order valence-electron chi connectivity index (χ1n) is 4.91. The first-order valence-corrected chi connectivity index (χ1v) is 5.79. The molecule has 1 aromatic heterocycles. The van der Waals surface area contributed by atoms with Gasteiger partial charge in [0, 0.05) is 16.8 Å². The van der Waals surface area contributed by atoms with Crippen molar-refractivity contribution in [2.45, 2.75) is 32.6 Å². The molecule has 0 unspecified atom stereocenters. The van der Waals surface area contributed by atoms with Crippen LogP contribution in [0.3, 0.4) is 0 Å². The molecule has 2 heteroatoms. The highest BCUT2D eigenvalue weighted by Crippen LogP contribution is 2.26. The fourth-order valence-electron chi connectivity index (χ4n) is 1.33. The van der Waals surface area contributed by atoms with Gasteiger partial charge in [-0.25, -0.2) is 0 Å². The molecule has 1 aromatic rings. The highest BCUT2D eigenvalue weighted by atomic mass is 32.1. The quantitative estimate of drug-likeness (QED) is 0.715. The Kier molecular flexibility index (Phi) is 3.94. The van der Waals surface area contributed by atoms with E-state index in [0.29, 0.717) is 0 Å². The molecular weight excluding hydrogens is 178 g/mol. The first-order chi connectivity index (χ1) is 6.17. The lowest BCUT2D eigenvalue weighted by molar-refractivity contribution is 0.477. The molecule has 0 spiro atoms. The molecule has 0 atom stereocenters. The van der Waals surface area contributed by atoms with Crippen LogP contribution in [0.2, 0.25) is 0 Å². The van der Waals surface area contributed by atoms with Crippen molar-refractivity contribution in [1.82, 2.24) is 5.32 Å². The van der Waals surface area contributed by atoms with Gasteiger partial charge in [-0.2, -0.15) is 0 Å². The molecule has 13 heavy (non-hydrogen) atoms. The van der Waals surface area contributed by atoms with Gasteiger partial charge in [0.05, 0.1) is 0 Å². The molecule has 0 radical (unpaired) electrons. The Balaban J connectivity index is 2.46. The second-order valence-corrected chi connectivity index (χ2v) is 4.99. The van der Waals surface area contributed by atoms with Gasteiger partial charge in [0.2, 0.25) is 0 Å². The lowest BCUT2D eigenvalue weighted by Gasteiger charge is -2.23. The average Bonchev–Trinajstić information content (AvgIpc) is 2.56. The van der Waals surface area contributed by atoms with Crippen LogP contribution in [-0.2, 0) is 5.41 Å². The van der Waals surface area contributed by atoms with Gasteiger partial charge in [-0.1, -0.05) is 26.8 Å². The van der Waals surface area contributed by atoms with Crippen molar-refractivity contribution in [3.63, 3.8) is 0 Å². The predicted octanol–water partition coefficient (Wildman–Crippen LogP) is 3.03. The molecule has 0 fully saturated rings. The number of hydrogen-bond acceptors (Lipinski definition) is 2. The molecule has 0 saturated heterocycles. The largest absolute Gasteiger partial charge is 0.316 e. The summed E-state index contributed by atoms with van der Waals surface area (Å²) < 4.78 is 0. The van der Waals surface area contributed by atoms with Gasteiger partial charge in [0.1, 0.15) is 0 Å². The van der Waals surface area contributed by atoms with Crippen LogP contribution >= 0.6 is 11.3 Å². The highest BCUT2D eigenvalue weighted by molar-refractivity contribution is 7.10. The molecule has 0 bridgehead atoms. The van der Waals surface area contributed by atoms with Crippen molar-refractivity contribution in [3.8, 4) is 0 Å². The monoisotopic (exact) mass is 197 g/mol. The second-order valence-electron chi connectivity index (χ2n) is 4.04. The van der Waals surface area contributed by atoms with Crippen molar-refractivity contribution in [2.75, 3.05) is 13.1 Å². The predicted molar refractivity (Wildman–Crippen MR) is 60.5 cm³/mol. The second kappa shape index (κ2) is 4.77. The van der Waals surface area contributed by atoms with Gasteiger partial charge in [0.15, 0.2) is 0 Å². The summed E-state index contributed by atoms with van der Waals surface area (Å²) in [5.41, 5.74) is 0.281. The van der Waals surface area contributed by atoms with E-state index < -0.39 is 0 Å². The van der Waals surface area contributed by atoms with Gasteiger partial charge in [-0.15, -0.1) is 11.3 Å². The Hall–Kier alpha value is -0.340. The SMILES string of the molecule is CCCNCC(C)(C)c1cccs1. The Bertz CT molecular complexity index is 226. The maximum atomic E-state index is 3.47. The third kappa shape index (κ3) is 3.12.